The average Bonchev–Trinajstić information content (AvgIpc) is 3.20. The van der Waals surface area contributed by atoms with Gasteiger partial charge in [-0.1, -0.05) is 42.5 Å². The van der Waals surface area contributed by atoms with Crippen molar-refractivity contribution in [2.24, 2.45) is 7.05 Å². The van der Waals surface area contributed by atoms with Crippen LogP contribution in [0.3, 0.4) is 0 Å². The van der Waals surface area contributed by atoms with Crippen molar-refractivity contribution in [3.8, 4) is 0 Å². The molecule has 0 saturated heterocycles. The molecule has 0 aliphatic rings. The first-order valence-corrected chi connectivity index (χ1v) is 10.5. The lowest BCUT2D eigenvalue weighted by Crippen LogP contribution is -2.26. The molecule has 146 valence electrons. The Balaban J connectivity index is 1.67. The lowest BCUT2D eigenvalue weighted by molar-refractivity contribution is -0.671. The zero-order valence-corrected chi connectivity index (χ0v) is 17.2. The molecule has 0 saturated carbocycles. The van der Waals surface area contributed by atoms with Crippen molar-refractivity contribution in [3.05, 3.63) is 113 Å². The molecule has 3 aromatic carbocycles. The molecule has 2 aromatic heterocycles. The molecular formula is C25H19N2O2S+. The number of carbonyl (C=O) groups excluding carboxylic acids is 1. The SMILES string of the molecule is C[n+]1ccn(C(C(=O)c2ccc3sc4ccccc4c(=O)c3c2)c2ccccc2)c1. The minimum absolute atomic E-state index is 0.0300. The Bertz CT molecular complexity index is 1450. The summed E-state index contributed by atoms with van der Waals surface area (Å²) in [7, 11) is 1.93. The van der Waals surface area contributed by atoms with Crippen molar-refractivity contribution < 1.29 is 9.36 Å². The number of rotatable bonds is 4. The molecular weight excluding hydrogens is 392 g/mol. The summed E-state index contributed by atoms with van der Waals surface area (Å²) < 4.78 is 5.66. The molecule has 2 heterocycles. The van der Waals surface area contributed by atoms with Gasteiger partial charge in [0.15, 0.2) is 11.5 Å². The van der Waals surface area contributed by atoms with Crippen molar-refractivity contribution >= 4 is 37.3 Å². The van der Waals surface area contributed by atoms with Crippen molar-refractivity contribution in [3.63, 3.8) is 0 Å². The summed E-state index contributed by atoms with van der Waals surface area (Å²) in [5, 5.41) is 1.28. The molecule has 0 amide bonds. The quantitative estimate of drug-likeness (QED) is 0.248. The topological polar surface area (TPSA) is 43.0 Å². The van der Waals surface area contributed by atoms with Crippen LogP contribution in [0.15, 0.2) is 96.3 Å². The van der Waals surface area contributed by atoms with Gasteiger partial charge in [0.2, 0.25) is 12.1 Å². The van der Waals surface area contributed by atoms with Crippen LogP contribution in [0.4, 0.5) is 0 Å². The normalized spacial score (nSPS) is 12.3. The van der Waals surface area contributed by atoms with Crippen LogP contribution in [0, 0.1) is 0 Å². The number of fused-ring (bicyclic) bond motifs is 2. The van der Waals surface area contributed by atoms with Crippen LogP contribution in [-0.4, -0.2) is 10.4 Å². The largest absolute Gasteiger partial charge is 0.289 e. The summed E-state index contributed by atoms with van der Waals surface area (Å²) in [5.74, 6) is -0.0446. The maximum atomic E-state index is 13.6. The molecule has 0 aliphatic carbocycles. The highest BCUT2D eigenvalue weighted by molar-refractivity contribution is 7.24. The smallest absolute Gasteiger partial charge is 0.244 e. The fourth-order valence-electron chi connectivity index (χ4n) is 3.83. The molecule has 5 rings (SSSR count). The van der Waals surface area contributed by atoms with Gasteiger partial charge in [0, 0.05) is 31.3 Å². The van der Waals surface area contributed by atoms with E-state index in [4.69, 9.17) is 0 Å². The van der Waals surface area contributed by atoms with Crippen LogP contribution in [0.25, 0.3) is 20.2 Å². The third kappa shape index (κ3) is 3.13. The van der Waals surface area contributed by atoms with Gasteiger partial charge in [-0.05, 0) is 30.3 Å². The van der Waals surface area contributed by atoms with Gasteiger partial charge in [0.25, 0.3) is 0 Å². The van der Waals surface area contributed by atoms with E-state index in [0.717, 1.165) is 15.0 Å². The molecule has 0 N–H and O–H groups in total. The van der Waals surface area contributed by atoms with Crippen LogP contribution in [-0.2, 0) is 7.05 Å². The molecule has 4 nitrogen and oxygen atoms in total. The Kier molecular flexibility index (Phi) is 4.52. The van der Waals surface area contributed by atoms with Crippen molar-refractivity contribution in [2.75, 3.05) is 0 Å². The van der Waals surface area contributed by atoms with Crippen LogP contribution in [0.2, 0.25) is 0 Å². The molecule has 0 spiro atoms. The molecule has 0 bridgehead atoms. The van der Waals surface area contributed by atoms with E-state index in [1.54, 1.807) is 17.4 Å². The Hall–Kier alpha value is -3.57. The molecule has 1 atom stereocenters. The lowest BCUT2D eigenvalue weighted by atomic mass is 9.96. The first-order valence-electron chi connectivity index (χ1n) is 9.69. The number of Topliss-reactive ketones (excluding diaryl/α,β-unsaturated/α-hetero) is 1. The highest BCUT2D eigenvalue weighted by atomic mass is 32.1. The Morgan fingerprint density at radius 1 is 0.933 bits per heavy atom. The van der Waals surface area contributed by atoms with Gasteiger partial charge < -0.3 is 0 Å². The highest BCUT2D eigenvalue weighted by Gasteiger charge is 2.28. The van der Waals surface area contributed by atoms with E-state index in [0.29, 0.717) is 16.3 Å². The molecule has 0 aliphatic heterocycles. The molecule has 0 radical (unpaired) electrons. The van der Waals surface area contributed by atoms with E-state index >= 15 is 0 Å². The molecule has 5 aromatic rings. The molecule has 0 fully saturated rings. The fraction of sp³-hybridized carbons (Fsp3) is 0.0800. The maximum absolute atomic E-state index is 13.6. The number of ketones is 1. The van der Waals surface area contributed by atoms with E-state index < -0.39 is 6.04 Å². The third-order valence-corrected chi connectivity index (χ3v) is 6.46. The minimum atomic E-state index is -0.496. The third-order valence-electron chi connectivity index (χ3n) is 5.31. The number of imidazole rings is 1. The number of aryl methyl sites for hydroxylation is 1. The zero-order chi connectivity index (χ0) is 20.7. The lowest BCUT2D eigenvalue weighted by Gasteiger charge is -2.14. The molecule has 1 unspecified atom stereocenters. The van der Waals surface area contributed by atoms with Crippen LogP contribution < -0.4 is 10.00 Å². The highest BCUT2D eigenvalue weighted by Crippen LogP contribution is 2.28. The van der Waals surface area contributed by atoms with Crippen LogP contribution >= 0.6 is 11.3 Å². The summed E-state index contributed by atoms with van der Waals surface area (Å²) in [6.45, 7) is 0. The Labute approximate surface area is 177 Å². The number of benzene rings is 3. The number of nitrogens with zero attached hydrogens (tertiary/aromatic N) is 2. The van der Waals surface area contributed by atoms with Gasteiger partial charge >= 0.3 is 0 Å². The predicted molar refractivity (Wildman–Crippen MR) is 120 cm³/mol. The monoisotopic (exact) mass is 411 g/mol. The predicted octanol–water partition coefficient (Wildman–Crippen LogP) is 4.51. The fourth-order valence-corrected chi connectivity index (χ4v) is 4.88. The summed E-state index contributed by atoms with van der Waals surface area (Å²) in [4.78, 5) is 26.7. The van der Waals surface area contributed by atoms with Crippen molar-refractivity contribution in [1.29, 1.82) is 0 Å². The maximum Gasteiger partial charge on any atom is 0.244 e. The summed E-state index contributed by atoms with van der Waals surface area (Å²) in [5.41, 5.74) is 1.41. The molecule has 30 heavy (non-hydrogen) atoms. The first-order chi connectivity index (χ1) is 14.6. The number of hydrogen-bond acceptors (Lipinski definition) is 3. The summed E-state index contributed by atoms with van der Waals surface area (Å²) in [6, 6.07) is 22.3. The van der Waals surface area contributed by atoms with Gasteiger partial charge in [0.05, 0.1) is 7.05 Å². The number of aromatic nitrogens is 2. The van der Waals surface area contributed by atoms with E-state index in [-0.39, 0.29) is 11.2 Å². The van der Waals surface area contributed by atoms with Gasteiger partial charge in [-0.15, -0.1) is 11.3 Å². The Morgan fingerprint density at radius 3 is 2.43 bits per heavy atom. The first kappa shape index (κ1) is 18.5. The second kappa shape index (κ2) is 7.35. The van der Waals surface area contributed by atoms with Crippen LogP contribution in [0.5, 0.6) is 0 Å². The zero-order valence-electron chi connectivity index (χ0n) is 16.4. The Morgan fingerprint density at radius 2 is 1.67 bits per heavy atom. The second-order valence-corrected chi connectivity index (χ2v) is 8.43. The minimum Gasteiger partial charge on any atom is -0.289 e. The van der Waals surface area contributed by atoms with Crippen LogP contribution in [0.1, 0.15) is 22.0 Å². The molecule has 5 heteroatoms. The van der Waals surface area contributed by atoms with Gasteiger partial charge in [-0.2, -0.15) is 0 Å². The van der Waals surface area contributed by atoms with Gasteiger partial charge in [-0.25, -0.2) is 9.13 Å². The van der Waals surface area contributed by atoms with Crippen molar-refractivity contribution in [2.45, 2.75) is 6.04 Å². The van der Waals surface area contributed by atoms with Gasteiger partial charge in [0.1, 0.15) is 12.4 Å². The number of hydrogen-bond donors (Lipinski definition) is 0. The standard InChI is InChI=1S/C25H19N2O2S/c1-26-13-14-27(16-26)23(17-7-3-2-4-8-17)24(28)18-11-12-22-20(15-18)25(29)19-9-5-6-10-21(19)30-22/h2-16,23H,1H3/q+1. The van der Waals surface area contributed by atoms with E-state index in [1.165, 1.54) is 0 Å². The van der Waals surface area contributed by atoms with E-state index in [1.807, 2.05) is 102 Å². The second-order valence-electron chi connectivity index (χ2n) is 7.34. The van der Waals surface area contributed by atoms with Crippen molar-refractivity contribution in [1.82, 2.24) is 4.57 Å². The summed E-state index contributed by atoms with van der Waals surface area (Å²) in [6.07, 6.45) is 5.70. The van der Waals surface area contributed by atoms with E-state index in [9.17, 15) is 9.59 Å². The van der Waals surface area contributed by atoms with E-state index in [2.05, 4.69) is 0 Å². The average molecular weight is 412 g/mol. The summed E-state index contributed by atoms with van der Waals surface area (Å²) >= 11 is 1.57. The number of carbonyl (C=O) groups is 1. The van der Waals surface area contributed by atoms with Gasteiger partial charge in [-0.3, -0.25) is 9.59 Å².